The highest BCUT2D eigenvalue weighted by atomic mass is 15.1. The largest absolute Gasteiger partial charge is 0.401 e. The molecule has 0 aliphatic rings. The Morgan fingerprint density at radius 3 is 2.83 bits per heavy atom. The number of hydrogen-bond acceptors (Lipinski definition) is 2. The van der Waals surface area contributed by atoms with Gasteiger partial charge < -0.3 is 10.3 Å². The van der Waals surface area contributed by atoms with Crippen molar-refractivity contribution in [3.63, 3.8) is 0 Å². The van der Waals surface area contributed by atoms with Crippen LogP contribution in [0.3, 0.4) is 0 Å². The summed E-state index contributed by atoms with van der Waals surface area (Å²) in [5.74, 6) is 0.983. The normalized spacial score (nSPS) is 12.1. The lowest BCUT2D eigenvalue weighted by molar-refractivity contribution is 1.01. The second-order valence-corrected chi connectivity index (χ2v) is 2.91. The van der Waals surface area contributed by atoms with Gasteiger partial charge in [-0.25, -0.2) is 4.98 Å². The molecule has 0 unspecified atom stereocenters. The first-order chi connectivity index (χ1) is 5.63. The zero-order valence-electron chi connectivity index (χ0n) is 7.83. The monoisotopic (exact) mass is 165 g/mol. The highest BCUT2D eigenvalue weighted by Crippen LogP contribution is 2.04. The zero-order chi connectivity index (χ0) is 9.14. The molecule has 0 spiro atoms. The van der Waals surface area contributed by atoms with Crippen LogP contribution in [0.4, 0.5) is 0 Å². The van der Waals surface area contributed by atoms with Gasteiger partial charge >= 0.3 is 0 Å². The Kier molecular flexibility index (Phi) is 2.53. The van der Waals surface area contributed by atoms with Crippen molar-refractivity contribution in [1.29, 1.82) is 0 Å². The molecule has 0 fully saturated rings. The van der Waals surface area contributed by atoms with Crippen LogP contribution in [0.2, 0.25) is 0 Å². The van der Waals surface area contributed by atoms with E-state index in [-0.39, 0.29) is 0 Å². The summed E-state index contributed by atoms with van der Waals surface area (Å²) in [7, 11) is 0. The standard InChI is InChI=1S/C9H15N3/c1-4-9-6-12(5-7(2)10)8(3)11-9/h5-6H,4,10H2,1-3H3/b7-5-. The first-order valence-corrected chi connectivity index (χ1v) is 4.11. The van der Waals surface area contributed by atoms with Crippen LogP contribution in [-0.2, 0) is 6.42 Å². The quantitative estimate of drug-likeness (QED) is 0.722. The maximum atomic E-state index is 5.56. The summed E-state index contributed by atoms with van der Waals surface area (Å²) in [6.07, 6.45) is 4.85. The third-order valence-corrected chi connectivity index (χ3v) is 1.67. The van der Waals surface area contributed by atoms with Gasteiger partial charge in [0.15, 0.2) is 0 Å². The van der Waals surface area contributed by atoms with Crippen LogP contribution in [0.25, 0.3) is 6.20 Å². The summed E-state index contributed by atoms with van der Waals surface area (Å²) in [5, 5.41) is 0. The van der Waals surface area contributed by atoms with Crippen LogP contribution in [0.5, 0.6) is 0 Å². The molecule has 1 aromatic rings. The van der Waals surface area contributed by atoms with Crippen LogP contribution < -0.4 is 5.73 Å². The molecule has 1 rings (SSSR count). The number of nitrogens with zero attached hydrogens (tertiary/aromatic N) is 2. The Balaban J connectivity index is 3.00. The molecule has 2 N–H and O–H groups in total. The molecule has 0 bridgehead atoms. The lowest BCUT2D eigenvalue weighted by atomic mass is 10.4. The Morgan fingerprint density at radius 2 is 2.42 bits per heavy atom. The smallest absolute Gasteiger partial charge is 0.109 e. The number of nitrogens with two attached hydrogens (primary N) is 1. The van der Waals surface area contributed by atoms with Crippen LogP contribution >= 0.6 is 0 Å². The summed E-state index contributed by atoms with van der Waals surface area (Å²) >= 11 is 0. The minimum atomic E-state index is 0.790. The van der Waals surface area contributed by atoms with Crippen LogP contribution in [0.1, 0.15) is 25.4 Å². The van der Waals surface area contributed by atoms with E-state index in [2.05, 4.69) is 11.9 Å². The van der Waals surface area contributed by atoms with E-state index in [9.17, 15) is 0 Å². The number of aromatic nitrogens is 2. The average Bonchev–Trinajstić information content (AvgIpc) is 2.31. The molecule has 0 aliphatic carbocycles. The van der Waals surface area contributed by atoms with Crippen molar-refractivity contribution in [3.05, 3.63) is 23.4 Å². The summed E-state index contributed by atoms with van der Waals surface area (Å²) < 4.78 is 1.95. The summed E-state index contributed by atoms with van der Waals surface area (Å²) in [6.45, 7) is 5.93. The van der Waals surface area contributed by atoms with Gasteiger partial charge in [-0.2, -0.15) is 0 Å². The molecule has 3 heteroatoms. The molecule has 3 nitrogen and oxygen atoms in total. The van der Waals surface area contributed by atoms with Crippen molar-refractivity contribution in [3.8, 4) is 0 Å². The third kappa shape index (κ3) is 1.87. The van der Waals surface area contributed by atoms with E-state index in [1.54, 1.807) is 0 Å². The van der Waals surface area contributed by atoms with Gasteiger partial charge in [-0.1, -0.05) is 6.92 Å². The lowest BCUT2D eigenvalue weighted by Crippen LogP contribution is -1.95. The highest BCUT2D eigenvalue weighted by molar-refractivity contribution is 5.30. The average molecular weight is 165 g/mol. The molecular weight excluding hydrogens is 150 g/mol. The van der Waals surface area contributed by atoms with Crippen LogP contribution in [0, 0.1) is 6.92 Å². The van der Waals surface area contributed by atoms with E-state index in [0.29, 0.717) is 0 Å². The number of aryl methyl sites for hydroxylation is 2. The van der Waals surface area contributed by atoms with Crippen molar-refractivity contribution >= 4 is 6.20 Å². The fraction of sp³-hybridized carbons (Fsp3) is 0.444. The molecule has 0 aromatic carbocycles. The van der Waals surface area contributed by atoms with Crippen molar-refractivity contribution in [2.75, 3.05) is 0 Å². The van der Waals surface area contributed by atoms with E-state index >= 15 is 0 Å². The molecular formula is C9H15N3. The molecule has 0 saturated heterocycles. The lowest BCUT2D eigenvalue weighted by Gasteiger charge is -1.95. The Hall–Kier alpha value is -1.25. The van der Waals surface area contributed by atoms with Gasteiger partial charge in [0.1, 0.15) is 5.82 Å². The first-order valence-electron chi connectivity index (χ1n) is 4.11. The van der Waals surface area contributed by atoms with Gasteiger partial charge in [-0.15, -0.1) is 0 Å². The van der Waals surface area contributed by atoms with Crippen molar-refractivity contribution in [2.45, 2.75) is 27.2 Å². The number of rotatable bonds is 2. The second-order valence-electron chi connectivity index (χ2n) is 2.91. The fourth-order valence-electron chi connectivity index (χ4n) is 1.07. The number of allylic oxidation sites excluding steroid dienone is 1. The second kappa shape index (κ2) is 3.43. The Bertz CT molecular complexity index is 293. The molecule has 0 saturated carbocycles. The molecule has 66 valence electrons. The summed E-state index contributed by atoms with van der Waals surface area (Å²) in [4.78, 5) is 4.35. The molecule has 12 heavy (non-hydrogen) atoms. The van der Waals surface area contributed by atoms with E-state index in [1.165, 1.54) is 0 Å². The number of imidazole rings is 1. The Labute approximate surface area is 72.9 Å². The molecule has 0 amide bonds. The van der Waals surface area contributed by atoms with Crippen molar-refractivity contribution < 1.29 is 0 Å². The van der Waals surface area contributed by atoms with Gasteiger partial charge in [0.25, 0.3) is 0 Å². The maximum absolute atomic E-state index is 5.56. The molecule has 0 atom stereocenters. The topological polar surface area (TPSA) is 43.8 Å². The SMILES string of the molecule is CCc1cn(/C=C(/C)N)c(C)n1. The van der Waals surface area contributed by atoms with Gasteiger partial charge in [0, 0.05) is 18.1 Å². The predicted molar refractivity (Wildman–Crippen MR) is 50.5 cm³/mol. The Morgan fingerprint density at radius 1 is 1.75 bits per heavy atom. The fourth-order valence-corrected chi connectivity index (χ4v) is 1.07. The van der Waals surface area contributed by atoms with Gasteiger partial charge in [0.2, 0.25) is 0 Å². The van der Waals surface area contributed by atoms with Gasteiger partial charge in [-0.3, -0.25) is 0 Å². The van der Waals surface area contributed by atoms with Crippen LogP contribution in [-0.4, -0.2) is 9.55 Å². The van der Waals surface area contributed by atoms with E-state index in [1.807, 2.05) is 30.8 Å². The third-order valence-electron chi connectivity index (χ3n) is 1.67. The number of hydrogen-bond donors (Lipinski definition) is 1. The van der Waals surface area contributed by atoms with Gasteiger partial charge in [0.05, 0.1) is 5.69 Å². The maximum Gasteiger partial charge on any atom is 0.109 e. The van der Waals surface area contributed by atoms with Gasteiger partial charge in [-0.05, 0) is 20.3 Å². The van der Waals surface area contributed by atoms with E-state index in [0.717, 1.165) is 23.6 Å². The van der Waals surface area contributed by atoms with E-state index in [4.69, 9.17) is 5.73 Å². The minimum Gasteiger partial charge on any atom is -0.401 e. The molecule has 0 radical (unpaired) electrons. The zero-order valence-corrected chi connectivity index (χ0v) is 7.83. The van der Waals surface area contributed by atoms with E-state index < -0.39 is 0 Å². The predicted octanol–water partition coefficient (Wildman–Crippen LogP) is 1.53. The van der Waals surface area contributed by atoms with Crippen LogP contribution in [0.15, 0.2) is 11.9 Å². The minimum absolute atomic E-state index is 0.790. The highest BCUT2D eigenvalue weighted by Gasteiger charge is 1.98. The van der Waals surface area contributed by atoms with Crippen molar-refractivity contribution in [2.24, 2.45) is 5.73 Å². The summed E-state index contributed by atoms with van der Waals surface area (Å²) in [5.41, 5.74) is 7.45. The first kappa shape index (κ1) is 8.84. The summed E-state index contributed by atoms with van der Waals surface area (Å²) in [6, 6.07) is 0. The van der Waals surface area contributed by atoms with Crippen molar-refractivity contribution in [1.82, 2.24) is 9.55 Å². The molecule has 1 heterocycles. The molecule has 0 aliphatic heterocycles. The molecule has 1 aromatic heterocycles.